The van der Waals surface area contributed by atoms with Gasteiger partial charge in [0, 0.05) is 30.8 Å². The third-order valence-corrected chi connectivity index (χ3v) is 7.27. The van der Waals surface area contributed by atoms with Crippen molar-refractivity contribution in [2.24, 2.45) is 5.14 Å². The minimum Gasteiger partial charge on any atom is -0.490 e. The molecule has 0 radical (unpaired) electrons. The van der Waals surface area contributed by atoms with E-state index in [1.165, 1.54) is 17.5 Å². The second-order valence-electron chi connectivity index (χ2n) is 9.87. The Morgan fingerprint density at radius 2 is 1.98 bits per heavy atom. The number of nitriles is 1. The van der Waals surface area contributed by atoms with Crippen molar-refractivity contribution in [3.8, 4) is 34.7 Å². The number of piperidine rings is 1. The van der Waals surface area contributed by atoms with E-state index in [4.69, 9.17) is 14.4 Å². The molecule has 1 fully saturated rings. The number of likely N-dealkylation sites (tertiary alicyclic amines) is 1. The molecule has 10 heteroatoms. The molecular formula is C30H41N5O4S. The number of nitrogens with zero attached hydrogens (tertiary/aromatic N) is 4. The maximum atomic E-state index is 10.6. The molecule has 2 heterocycles. The lowest BCUT2D eigenvalue weighted by Crippen LogP contribution is -2.38. The highest BCUT2D eigenvalue weighted by Crippen LogP contribution is 2.33. The minimum absolute atomic E-state index is 0.00290. The Morgan fingerprint density at radius 1 is 1.23 bits per heavy atom. The van der Waals surface area contributed by atoms with Crippen LogP contribution in [-0.2, 0) is 23.8 Å². The average molecular weight is 568 g/mol. The molecule has 0 spiro atoms. The summed E-state index contributed by atoms with van der Waals surface area (Å²) in [6.07, 6.45) is 4.85. The van der Waals surface area contributed by atoms with Gasteiger partial charge in [-0.05, 0) is 75.3 Å². The first-order chi connectivity index (χ1) is 19.3. The van der Waals surface area contributed by atoms with E-state index in [1.54, 1.807) is 12.1 Å². The summed E-state index contributed by atoms with van der Waals surface area (Å²) in [5.74, 6) is 2.10. The zero-order valence-electron chi connectivity index (χ0n) is 23.9. The van der Waals surface area contributed by atoms with Gasteiger partial charge in [0.1, 0.15) is 11.8 Å². The lowest BCUT2D eigenvalue weighted by Gasteiger charge is -2.28. The van der Waals surface area contributed by atoms with Crippen LogP contribution in [0.3, 0.4) is 0 Å². The van der Waals surface area contributed by atoms with Gasteiger partial charge in [0.25, 0.3) is 5.89 Å². The zero-order chi connectivity index (χ0) is 29.1. The molecule has 1 unspecified atom stereocenters. The monoisotopic (exact) mass is 567 g/mol. The van der Waals surface area contributed by atoms with Crippen molar-refractivity contribution in [3.63, 3.8) is 0 Å². The Kier molecular flexibility index (Phi) is 12.3. The maximum absolute atomic E-state index is 10.6. The van der Waals surface area contributed by atoms with Gasteiger partial charge in [-0.3, -0.25) is 5.14 Å². The normalized spacial score (nSPS) is 15.8. The first-order valence-corrected chi connectivity index (χ1v) is 15.4. The number of rotatable bonds is 7. The highest BCUT2D eigenvalue weighted by Gasteiger charge is 2.20. The Bertz CT molecular complexity index is 1300. The highest BCUT2D eigenvalue weighted by atomic mass is 32.2. The lowest BCUT2D eigenvalue weighted by atomic mass is 10.0. The van der Waals surface area contributed by atoms with Crippen LogP contribution in [-0.4, -0.2) is 62.0 Å². The van der Waals surface area contributed by atoms with E-state index in [1.807, 2.05) is 45.9 Å². The van der Waals surface area contributed by atoms with Crippen LogP contribution in [0, 0.1) is 11.3 Å². The molecular weight excluding hydrogens is 526 g/mol. The topological polar surface area (TPSA) is 138 Å². The summed E-state index contributed by atoms with van der Waals surface area (Å²) in [7, 11) is -1.18. The maximum Gasteiger partial charge on any atom is 0.258 e. The quantitative estimate of drug-likeness (QED) is 0.421. The molecule has 9 nitrogen and oxygen atoms in total. The van der Waals surface area contributed by atoms with E-state index < -0.39 is 11.0 Å². The molecule has 5 rings (SSSR count). The summed E-state index contributed by atoms with van der Waals surface area (Å²) in [5.41, 5.74) is 4.89. The van der Waals surface area contributed by atoms with Crippen molar-refractivity contribution < 1.29 is 18.6 Å². The first kappa shape index (κ1) is 31.4. The van der Waals surface area contributed by atoms with Gasteiger partial charge in [-0.2, -0.15) is 10.2 Å². The predicted molar refractivity (Wildman–Crippen MR) is 158 cm³/mol. The summed E-state index contributed by atoms with van der Waals surface area (Å²) < 4.78 is 21.7. The van der Waals surface area contributed by atoms with E-state index in [-0.39, 0.29) is 12.2 Å². The number of aliphatic hydroxyl groups is 1. The van der Waals surface area contributed by atoms with Crippen molar-refractivity contribution >= 4 is 11.0 Å². The number of aryl methyl sites for hydroxylation is 1. The molecule has 1 aliphatic heterocycles. The van der Waals surface area contributed by atoms with Gasteiger partial charge in [-0.25, -0.2) is 4.21 Å². The van der Waals surface area contributed by atoms with Crippen molar-refractivity contribution in [1.82, 2.24) is 15.0 Å². The van der Waals surface area contributed by atoms with Crippen molar-refractivity contribution in [1.29, 1.82) is 5.26 Å². The fourth-order valence-electron chi connectivity index (χ4n) is 4.75. The SMILES string of the molecule is CC.CC(C)Oc1ccc(-c2nc(-c3cccc4c3CCC4)no2)cc1C#N.NS(=O)CCN1CCC(O)CC1. The number of hydrogen-bond acceptors (Lipinski definition) is 8. The van der Waals surface area contributed by atoms with Crippen LogP contribution in [0.1, 0.15) is 63.6 Å². The number of fused-ring (bicyclic) bond motifs is 1. The molecule has 1 aromatic heterocycles. The van der Waals surface area contributed by atoms with Crippen LogP contribution in [0.15, 0.2) is 40.9 Å². The average Bonchev–Trinajstić information content (AvgIpc) is 3.64. The van der Waals surface area contributed by atoms with Gasteiger partial charge in [0.05, 0.1) is 34.5 Å². The number of benzene rings is 2. The van der Waals surface area contributed by atoms with Gasteiger partial charge in [-0.15, -0.1) is 0 Å². The Balaban J connectivity index is 0.000000265. The van der Waals surface area contributed by atoms with Gasteiger partial charge in [0.15, 0.2) is 0 Å². The van der Waals surface area contributed by atoms with E-state index in [0.29, 0.717) is 34.3 Å². The van der Waals surface area contributed by atoms with Crippen LogP contribution < -0.4 is 9.88 Å². The molecule has 0 saturated carbocycles. The van der Waals surface area contributed by atoms with E-state index in [2.05, 4.69) is 27.2 Å². The molecule has 2 aromatic carbocycles. The number of hydrogen-bond donors (Lipinski definition) is 2. The summed E-state index contributed by atoms with van der Waals surface area (Å²) in [5, 5.41) is 27.9. The highest BCUT2D eigenvalue weighted by molar-refractivity contribution is 7.82. The molecule has 1 aliphatic carbocycles. The van der Waals surface area contributed by atoms with Crippen molar-refractivity contribution in [3.05, 3.63) is 53.1 Å². The fraction of sp³-hybridized carbons (Fsp3) is 0.500. The van der Waals surface area contributed by atoms with Gasteiger partial charge >= 0.3 is 0 Å². The second kappa shape index (κ2) is 15.6. The predicted octanol–water partition coefficient (Wildman–Crippen LogP) is 4.64. The number of ether oxygens (including phenoxy) is 1. The minimum atomic E-state index is -1.18. The van der Waals surface area contributed by atoms with Crippen molar-refractivity contribution in [2.75, 3.05) is 25.4 Å². The molecule has 0 amide bonds. The van der Waals surface area contributed by atoms with E-state index >= 15 is 0 Å². The fourth-order valence-corrected chi connectivity index (χ4v) is 5.19. The molecule has 216 valence electrons. The number of nitrogens with two attached hydrogens (primary N) is 1. The van der Waals surface area contributed by atoms with Crippen LogP contribution in [0.2, 0.25) is 0 Å². The second-order valence-corrected chi connectivity index (χ2v) is 11.0. The zero-order valence-corrected chi connectivity index (χ0v) is 24.7. The Morgan fingerprint density at radius 3 is 2.65 bits per heavy atom. The third kappa shape index (κ3) is 8.70. The van der Waals surface area contributed by atoms with Crippen LogP contribution in [0.4, 0.5) is 0 Å². The summed E-state index contributed by atoms with van der Waals surface area (Å²) >= 11 is 0. The van der Waals surface area contributed by atoms with Gasteiger partial charge < -0.3 is 19.3 Å². The molecule has 3 N–H and O–H groups in total. The van der Waals surface area contributed by atoms with Crippen LogP contribution >= 0.6 is 0 Å². The Hall–Kier alpha value is -3.10. The first-order valence-electron chi connectivity index (χ1n) is 14.0. The van der Waals surface area contributed by atoms with Gasteiger partial charge in [0.2, 0.25) is 5.82 Å². The van der Waals surface area contributed by atoms with Crippen LogP contribution in [0.25, 0.3) is 22.8 Å². The van der Waals surface area contributed by atoms with Crippen molar-refractivity contribution in [2.45, 2.75) is 72.0 Å². The number of aromatic nitrogens is 2. The lowest BCUT2D eigenvalue weighted by molar-refractivity contribution is 0.0856. The van der Waals surface area contributed by atoms with Crippen LogP contribution in [0.5, 0.6) is 5.75 Å². The third-order valence-electron chi connectivity index (χ3n) is 6.69. The van der Waals surface area contributed by atoms with E-state index in [9.17, 15) is 14.6 Å². The molecule has 40 heavy (non-hydrogen) atoms. The molecule has 1 atom stereocenters. The van der Waals surface area contributed by atoms with Gasteiger partial charge in [-0.1, -0.05) is 37.2 Å². The molecule has 1 saturated heterocycles. The summed E-state index contributed by atoms with van der Waals surface area (Å²) in [6.45, 7) is 10.4. The largest absolute Gasteiger partial charge is 0.490 e. The van der Waals surface area contributed by atoms with E-state index in [0.717, 1.165) is 50.9 Å². The number of aliphatic hydroxyl groups excluding tert-OH is 1. The summed E-state index contributed by atoms with van der Waals surface area (Å²) in [6, 6.07) is 13.8. The molecule has 3 aromatic rings. The smallest absolute Gasteiger partial charge is 0.258 e. The molecule has 2 aliphatic rings. The standard InChI is InChI=1S/C21H19N3O2.C7H16N2O2S.C2H6/c1-13(2)25-19-10-9-15(11-16(19)12-22)21-23-20(24-26-21)18-8-4-6-14-5-3-7-17(14)18;8-12(11)6-5-9-3-1-7(10)2-4-9;1-2/h4,6,8-11,13H,3,5,7H2,1-2H3;7,10H,1-6,8H2;1-2H3. The molecule has 0 bridgehead atoms. The summed E-state index contributed by atoms with van der Waals surface area (Å²) in [4.78, 5) is 6.76. The Labute approximate surface area is 239 Å².